The molecular formula is C15H29NO2. The largest absolute Gasteiger partial charge is 0.386 e. The third-order valence-electron chi connectivity index (χ3n) is 4.75. The highest BCUT2D eigenvalue weighted by Gasteiger charge is 2.34. The van der Waals surface area contributed by atoms with Crippen molar-refractivity contribution in [1.82, 2.24) is 5.32 Å². The third kappa shape index (κ3) is 3.69. The summed E-state index contributed by atoms with van der Waals surface area (Å²) in [5, 5.41) is 13.8. The molecule has 0 aromatic heterocycles. The first-order chi connectivity index (χ1) is 8.39. The van der Waals surface area contributed by atoms with E-state index in [1.54, 1.807) is 0 Å². The van der Waals surface area contributed by atoms with Crippen LogP contribution in [0.1, 0.15) is 52.9 Å². The quantitative estimate of drug-likeness (QED) is 0.813. The zero-order valence-corrected chi connectivity index (χ0v) is 12.2. The number of rotatable bonds is 3. The van der Waals surface area contributed by atoms with Gasteiger partial charge in [0.2, 0.25) is 0 Å². The van der Waals surface area contributed by atoms with Crippen LogP contribution in [0.25, 0.3) is 0 Å². The fraction of sp³-hybridized carbons (Fsp3) is 1.00. The van der Waals surface area contributed by atoms with Crippen molar-refractivity contribution in [2.45, 2.75) is 64.5 Å². The van der Waals surface area contributed by atoms with Crippen LogP contribution in [0.3, 0.4) is 0 Å². The first kappa shape index (κ1) is 14.3. The van der Waals surface area contributed by atoms with Crippen molar-refractivity contribution in [1.29, 1.82) is 0 Å². The van der Waals surface area contributed by atoms with Gasteiger partial charge in [-0.1, -0.05) is 20.8 Å². The van der Waals surface area contributed by atoms with Crippen LogP contribution in [-0.4, -0.2) is 36.5 Å². The van der Waals surface area contributed by atoms with Gasteiger partial charge in [-0.3, -0.25) is 0 Å². The molecule has 0 spiro atoms. The molecule has 1 aliphatic carbocycles. The van der Waals surface area contributed by atoms with E-state index in [4.69, 9.17) is 4.74 Å². The van der Waals surface area contributed by atoms with Crippen LogP contribution in [0.15, 0.2) is 0 Å². The van der Waals surface area contributed by atoms with E-state index < -0.39 is 5.60 Å². The van der Waals surface area contributed by atoms with Gasteiger partial charge in [-0.05, 0) is 37.0 Å². The van der Waals surface area contributed by atoms with Crippen molar-refractivity contribution in [3.05, 3.63) is 0 Å². The Bertz CT molecular complexity index is 258. The minimum atomic E-state index is -0.610. The lowest BCUT2D eigenvalue weighted by Gasteiger charge is -2.38. The molecule has 0 aromatic rings. The molecule has 1 aliphatic heterocycles. The highest BCUT2D eigenvalue weighted by Crippen LogP contribution is 2.37. The van der Waals surface area contributed by atoms with Crippen LogP contribution in [0.5, 0.6) is 0 Å². The first-order valence-electron chi connectivity index (χ1n) is 7.43. The molecule has 18 heavy (non-hydrogen) atoms. The van der Waals surface area contributed by atoms with Crippen molar-refractivity contribution < 1.29 is 9.84 Å². The maximum absolute atomic E-state index is 10.2. The molecule has 1 unspecified atom stereocenters. The molecule has 0 aromatic carbocycles. The van der Waals surface area contributed by atoms with Gasteiger partial charge in [0, 0.05) is 25.6 Å². The van der Waals surface area contributed by atoms with Gasteiger partial charge in [-0.15, -0.1) is 0 Å². The van der Waals surface area contributed by atoms with Crippen LogP contribution < -0.4 is 5.32 Å². The van der Waals surface area contributed by atoms with E-state index in [0.717, 1.165) is 12.3 Å². The van der Waals surface area contributed by atoms with Gasteiger partial charge < -0.3 is 15.2 Å². The molecule has 2 aliphatic rings. The molecule has 1 heterocycles. The second kappa shape index (κ2) is 5.48. The summed E-state index contributed by atoms with van der Waals surface area (Å²) in [6.07, 6.45) is 5.90. The second-order valence-electron chi connectivity index (χ2n) is 7.32. The summed E-state index contributed by atoms with van der Waals surface area (Å²) in [5.74, 6) is 0.855. The minimum absolute atomic E-state index is 0.447. The highest BCUT2D eigenvalue weighted by molar-refractivity contribution is 4.88. The molecule has 0 amide bonds. The Hall–Kier alpha value is -0.120. The zero-order valence-electron chi connectivity index (χ0n) is 12.2. The number of hydrogen-bond acceptors (Lipinski definition) is 3. The summed E-state index contributed by atoms with van der Waals surface area (Å²) in [7, 11) is 0. The average molecular weight is 255 g/mol. The van der Waals surface area contributed by atoms with Gasteiger partial charge >= 0.3 is 0 Å². The number of ether oxygens (including phenoxy) is 1. The molecule has 2 rings (SSSR count). The Morgan fingerprint density at radius 3 is 2.39 bits per heavy atom. The Morgan fingerprint density at radius 2 is 1.89 bits per heavy atom. The van der Waals surface area contributed by atoms with Gasteiger partial charge in [0.05, 0.1) is 6.61 Å². The maximum Gasteiger partial charge on any atom is 0.102 e. The molecule has 1 saturated carbocycles. The smallest absolute Gasteiger partial charge is 0.102 e. The Balaban J connectivity index is 1.71. The van der Waals surface area contributed by atoms with E-state index in [0.29, 0.717) is 31.2 Å². The summed E-state index contributed by atoms with van der Waals surface area (Å²) in [6.45, 7) is 8.95. The van der Waals surface area contributed by atoms with E-state index in [2.05, 4.69) is 26.1 Å². The molecule has 106 valence electrons. The summed E-state index contributed by atoms with van der Waals surface area (Å²) in [5.41, 5.74) is -0.163. The lowest BCUT2D eigenvalue weighted by molar-refractivity contribution is 0.0223. The molecule has 1 saturated heterocycles. The molecule has 1 atom stereocenters. The van der Waals surface area contributed by atoms with Crippen LogP contribution in [0.2, 0.25) is 0 Å². The van der Waals surface area contributed by atoms with Crippen LogP contribution in [-0.2, 0) is 4.74 Å². The van der Waals surface area contributed by atoms with E-state index in [9.17, 15) is 5.11 Å². The normalized spacial score (nSPS) is 38.0. The molecule has 0 radical (unpaired) electrons. The molecule has 3 heteroatoms. The van der Waals surface area contributed by atoms with Gasteiger partial charge in [-0.25, -0.2) is 0 Å². The van der Waals surface area contributed by atoms with Crippen molar-refractivity contribution in [2.24, 2.45) is 11.3 Å². The molecule has 2 fully saturated rings. The van der Waals surface area contributed by atoms with E-state index in [1.165, 1.54) is 25.7 Å². The summed E-state index contributed by atoms with van der Waals surface area (Å²) in [4.78, 5) is 0. The zero-order chi connectivity index (χ0) is 13.2. The van der Waals surface area contributed by atoms with Crippen molar-refractivity contribution >= 4 is 0 Å². The predicted octanol–water partition coefficient (Wildman–Crippen LogP) is 2.33. The lowest BCUT2D eigenvalue weighted by Crippen LogP contribution is -2.46. The monoisotopic (exact) mass is 255 g/mol. The first-order valence-corrected chi connectivity index (χ1v) is 7.43. The van der Waals surface area contributed by atoms with E-state index in [1.807, 2.05) is 0 Å². The average Bonchev–Trinajstić information content (AvgIpc) is 2.74. The summed E-state index contributed by atoms with van der Waals surface area (Å²) in [6, 6.07) is 0.591. The maximum atomic E-state index is 10.2. The van der Waals surface area contributed by atoms with E-state index in [-0.39, 0.29) is 0 Å². The summed E-state index contributed by atoms with van der Waals surface area (Å²) >= 11 is 0. The van der Waals surface area contributed by atoms with Crippen LogP contribution >= 0.6 is 0 Å². The third-order valence-corrected chi connectivity index (χ3v) is 4.75. The van der Waals surface area contributed by atoms with Gasteiger partial charge in [0.25, 0.3) is 0 Å². The Labute approximate surface area is 111 Å². The standard InChI is InChI=1S/C15H29NO2/c1-14(2,3)12-4-6-13(7-5-12)16-10-15(17)8-9-18-11-15/h12-13,16-17H,4-11H2,1-3H3. The number of aliphatic hydroxyl groups is 1. The van der Waals surface area contributed by atoms with Crippen molar-refractivity contribution in [3.8, 4) is 0 Å². The lowest BCUT2D eigenvalue weighted by atomic mass is 9.71. The van der Waals surface area contributed by atoms with Crippen molar-refractivity contribution in [2.75, 3.05) is 19.8 Å². The molecule has 0 bridgehead atoms. The predicted molar refractivity (Wildman–Crippen MR) is 73.6 cm³/mol. The number of nitrogens with one attached hydrogen (secondary N) is 1. The molecule has 2 N–H and O–H groups in total. The number of hydrogen-bond donors (Lipinski definition) is 2. The topological polar surface area (TPSA) is 41.5 Å². The van der Waals surface area contributed by atoms with Crippen molar-refractivity contribution in [3.63, 3.8) is 0 Å². The van der Waals surface area contributed by atoms with E-state index >= 15 is 0 Å². The Morgan fingerprint density at radius 1 is 1.22 bits per heavy atom. The fourth-order valence-corrected chi connectivity index (χ4v) is 3.23. The molecular weight excluding hydrogens is 226 g/mol. The highest BCUT2D eigenvalue weighted by atomic mass is 16.5. The fourth-order valence-electron chi connectivity index (χ4n) is 3.23. The van der Waals surface area contributed by atoms with Crippen LogP contribution in [0, 0.1) is 11.3 Å². The summed E-state index contributed by atoms with van der Waals surface area (Å²) < 4.78 is 5.27. The minimum Gasteiger partial charge on any atom is -0.386 e. The SMILES string of the molecule is CC(C)(C)C1CCC(NCC2(O)CCOC2)CC1. The molecule has 3 nitrogen and oxygen atoms in total. The van der Waals surface area contributed by atoms with Gasteiger partial charge in [0.15, 0.2) is 0 Å². The van der Waals surface area contributed by atoms with Gasteiger partial charge in [0.1, 0.15) is 5.60 Å². The van der Waals surface area contributed by atoms with Gasteiger partial charge in [-0.2, -0.15) is 0 Å². The van der Waals surface area contributed by atoms with Crippen LogP contribution in [0.4, 0.5) is 0 Å². The Kier molecular flexibility index (Phi) is 4.35. The second-order valence-corrected chi connectivity index (χ2v) is 7.32.